The monoisotopic (exact) mass is 287 g/mol. The Hall–Kier alpha value is -0.650. The van der Waals surface area contributed by atoms with Crippen LogP contribution in [-0.2, 0) is 19.0 Å². The average Bonchev–Trinajstić information content (AvgIpc) is 2.88. The standard InChI is InChI=1S/C15H29NO4/c1-4-9-16-15(14(17)19-3)8-5-6-13(15)7-10-20-12-11-18-2/h13,16H,4-12H2,1-3H3. The van der Waals surface area contributed by atoms with Crippen molar-refractivity contribution in [1.82, 2.24) is 5.32 Å². The minimum absolute atomic E-state index is 0.120. The van der Waals surface area contributed by atoms with Gasteiger partial charge in [0.2, 0.25) is 0 Å². The summed E-state index contributed by atoms with van der Waals surface area (Å²) in [6, 6.07) is 0. The molecular weight excluding hydrogens is 258 g/mol. The van der Waals surface area contributed by atoms with Crippen LogP contribution in [0.2, 0.25) is 0 Å². The highest BCUT2D eigenvalue weighted by molar-refractivity contribution is 5.81. The Morgan fingerprint density at radius 3 is 2.75 bits per heavy atom. The molecule has 0 aromatic carbocycles. The van der Waals surface area contributed by atoms with Crippen LogP contribution in [0, 0.1) is 5.92 Å². The van der Waals surface area contributed by atoms with Crippen LogP contribution in [0.5, 0.6) is 0 Å². The van der Waals surface area contributed by atoms with Gasteiger partial charge in [-0.2, -0.15) is 0 Å². The highest BCUT2D eigenvalue weighted by Crippen LogP contribution is 2.39. The molecule has 1 fully saturated rings. The summed E-state index contributed by atoms with van der Waals surface area (Å²) >= 11 is 0. The highest BCUT2D eigenvalue weighted by Gasteiger charge is 2.49. The molecule has 0 bridgehead atoms. The molecule has 0 amide bonds. The number of carbonyl (C=O) groups is 1. The number of esters is 1. The Labute approximate surface area is 122 Å². The fraction of sp³-hybridized carbons (Fsp3) is 0.933. The quantitative estimate of drug-likeness (QED) is 0.490. The van der Waals surface area contributed by atoms with Gasteiger partial charge in [0, 0.05) is 13.7 Å². The van der Waals surface area contributed by atoms with E-state index in [1.165, 1.54) is 7.11 Å². The number of hydrogen-bond acceptors (Lipinski definition) is 5. The van der Waals surface area contributed by atoms with Gasteiger partial charge >= 0.3 is 5.97 Å². The lowest BCUT2D eigenvalue weighted by Gasteiger charge is -2.34. The van der Waals surface area contributed by atoms with Crippen molar-refractivity contribution in [2.24, 2.45) is 5.92 Å². The molecule has 20 heavy (non-hydrogen) atoms. The fourth-order valence-corrected chi connectivity index (χ4v) is 3.04. The van der Waals surface area contributed by atoms with Gasteiger partial charge in [0.05, 0.1) is 20.3 Å². The van der Waals surface area contributed by atoms with E-state index in [0.29, 0.717) is 25.7 Å². The van der Waals surface area contributed by atoms with Crippen molar-refractivity contribution >= 4 is 5.97 Å². The molecule has 0 aromatic heterocycles. The molecule has 5 nitrogen and oxygen atoms in total. The summed E-state index contributed by atoms with van der Waals surface area (Å²) in [5, 5.41) is 3.44. The van der Waals surface area contributed by atoms with Gasteiger partial charge in [0.15, 0.2) is 0 Å². The maximum atomic E-state index is 12.2. The summed E-state index contributed by atoms with van der Waals surface area (Å²) in [5.74, 6) is 0.175. The summed E-state index contributed by atoms with van der Waals surface area (Å²) in [5.41, 5.74) is -0.505. The predicted molar refractivity (Wildman–Crippen MR) is 77.7 cm³/mol. The molecule has 2 unspecified atom stereocenters. The number of ether oxygens (including phenoxy) is 3. The van der Waals surface area contributed by atoms with E-state index in [1.807, 2.05) is 0 Å². The summed E-state index contributed by atoms with van der Waals surface area (Å²) in [7, 11) is 3.14. The van der Waals surface area contributed by atoms with E-state index in [-0.39, 0.29) is 5.97 Å². The highest BCUT2D eigenvalue weighted by atomic mass is 16.5. The van der Waals surface area contributed by atoms with Gasteiger partial charge < -0.3 is 19.5 Å². The number of carbonyl (C=O) groups excluding carboxylic acids is 1. The van der Waals surface area contributed by atoms with Crippen LogP contribution in [0.3, 0.4) is 0 Å². The largest absolute Gasteiger partial charge is 0.468 e. The number of nitrogens with one attached hydrogen (secondary N) is 1. The Balaban J connectivity index is 2.54. The van der Waals surface area contributed by atoms with Crippen molar-refractivity contribution < 1.29 is 19.0 Å². The van der Waals surface area contributed by atoms with Crippen LogP contribution in [0.25, 0.3) is 0 Å². The molecule has 1 aliphatic carbocycles. The minimum atomic E-state index is -0.505. The summed E-state index contributed by atoms with van der Waals surface area (Å²) in [6.07, 6.45) is 4.88. The van der Waals surface area contributed by atoms with E-state index in [1.54, 1.807) is 7.11 Å². The lowest BCUT2D eigenvalue weighted by Crippen LogP contribution is -2.55. The third kappa shape index (κ3) is 4.43. The molecule has 0 heterocycles. The molecule has 1 N–H and O–H groups in total. The molecule has 0 radical (unpaired) electrons. The van der Waals surface area contributed by atoms with Crippen molar-refractivity contribution in [3.8, 4) is 0 Å². The Morgan fingerprint density at radius 2 is 2.10 bits per heavy atom. The maximum Gasteiger partial charge on any atom is 0.326 e. The molecule has 118 valence electrons. The van der Waals surface area contributed by atoms with Crippen LogP contribution >= 0.6 is 0 Å². The van der Waals surface area contributed by atoms with E-state index < -0.39 is 5.54 Å². The van der Waals surface area contributed by atoms with Crippen molar-refractivity contribution in [3.63, 3.8) is 0 Å². The smallest absolute Gasteiger partial charge is 0.326 e. The van der Waals surface area contributed by atoms with E-state index in [9.17, 15) is 4.79 Å². The zero-order valence-electron chi connectivity index (χ0n) is 13.1. The third-order valence-electron chi connectivity index (χ3n) is 4.10. The van der Waals surface area contributed by atoms with Crippen LogP contribution in [0.15, 0.2) is 0 Å². The first-order valence-corrected chi connectivity index (χ1v) is 7.61. The first-order valence-electron chi connectivity index (χ1n) is 7.61. The zero-order chi connectivity index (χ0) is 14.8. The van der Waals surface area contributed by atoms with Gasteiger partial charge in [0.1, 0.15) is 5.54 Å². The van der Waals surface area contributed by atoms with E-state index in [4.69, 9.17) is 14.2 Å². The zero-order valence-corrected chi connectivity index (χ0v) is 13.1. The SMILES string of the molecule is CCCNC1(C(=O)OC)CCCC1CCOCCOC. The normalized spacial score (nSPS) is 25.9. The molecule has 0 aromatic rings. The topological polar surface area (TPSA) is 56.8 Å². The molecule has 1 aliphatic rings. The van der Waals surface area contributed by atoms with E-state index >= 15 is 0 Å². The van der Waals surface area contributed by atoms with Gasteiger partial charge in [-0.15, -0.1) is 0 Å². The fourth-order valence-electron chi connectivity index (χ4n) is 3.04. The van der Waals surface area contributed by atoms with Gasteiger partial charge in [0.25, 0.3) is 0 Å². The van der Waals surface area contributed by atoms with Crippen molar-refractivity contribution in [2.75, 3.05) is 40.6 Å². The van der Waals surface area contributed by atoms with Crippen LogP contribution in [-0.4, -0.2) is 52.1 Å². The van der Waals surface area contributed by atoms with Gasteiger partial charge in [-0.25, -0.2) is 0 Å². The Bertz CT molecular complexity index is 285. The Kier molecular flexibility index (Phi) is 8.11. The van der Waals surface area contributed by atoms with Crippen LogP contribution in [0.4, 0.5) is 0 Å². The molecule has 0 saturated heterocycles. The van der Waals surface area contributed by atoms with Gasteiger partial charge in [-0.1, -0.05) is 13.3 Å². The molecule has 1 rings (SSSR count). The molecular formula is C15H29NO4. The summed E-state index contributed by atoms with van der Waals surface area (Å²) in [6.45, 7) is 4.84. The van der Waals surface area contributed by atoms with Gasteiger partial charge in [-0.3, -0.25) is 4.79 Å². The van der Waals surface area contributed by atoms with E-state index in [2.05, 4.69) is 12.2 Å². The first kappa shape index (κ1) is 17.4. The third-order valence-corrected chi connectivity index (χ3v) is 4.10. The molecule has 2 atom stereocenters. The van der Waals surface area contributed by atoms with E-state index in [0.717, 1.165) is 38.6 Å². The van der Waals surface area contributed by atoms with Crippen molar-refractivity contribution in [3.05, 3.63) is 0 Å². The molecule has 1 saturated carbocycles. The Morgan fingerprint density at radius 1 is 1.30 bits per heavy atom. The second-order valence-corrected chi connectivity index (χ2v) is 5.37. The molecule has 0 spiro atoms. The second-order valence-electron chi connectivity index (χ2n) is 5.37. The van der Waals surface area contributed by atoms with Crippen molar-refractivity contribution in [1.29, 1.82) is 0 Å². The second kappa shape index (κ2) is 9.32. The van der Waals surface area contributed by atoms with Crippen LogP contribution < -0.4 is 5.32 Å². The number of rotatable bonds is 10. The predicted octanol–water partition coefficient (Wildman–Crippen LogP) is 1.75. The summed E-state index contributed by atoms with van der Waals surface area (Å²) in [4.78, 5) is 12.2. The van der Waals surface area contributed by atoms with Crippen molar-refractivity contribution in [2.45, 2.75) is 44.6 Å². The summed E-state index contributed by atoms with van der Waals surface area (Å²) < 4.78 is 15.5. The molecule has 0 aliphatic heterocycles. The minimum Gasteiger partial charge on any atom is -0.468 e. The maximum absolute atomic E-state index is 12.2. The van der Waals surface area contributed by atoms with Crippen LogP contribution in [0.1, 0.15) is 39.0 Å². The lowest BCUT2D eigenvalue weighted by molar-refractivity contribution is -0.150. The molecule has 5 heteroatoms. The lowest BCUT2D eigenvalue weighted by atomic mass is 9.84. The first-order chi connectivity index (χ1) is 9.71. The number of methoxy groups -OCH3 is 2. The van der Waals surface area contributed by atoms with Gasteiger partial charge in [-0.05, 0) is 38.1 Å². The number of hydrogen-bond donors (Lipinski definition) is 1. The average molecular weight is 287 g/mol.